The van der Waals surface area contributed by atoms with Crippen LogP contribution in [-0.2, 0) is 13.1 Å². The molecule has 2 nitrogen and oxygen atoms in total. The molecule has 0 amide bonds. The standard InChI is InChI=1S/C15H17BrF2N2/c1-4-20-9(2)5-11(10(20)3)8-19-15-13(16)6-12(17)7-14(15)18/h5-7,19H,4,8H2,1-3H3. The highest BCUT2D eigenvalue weighted by Crippen LogP contribution is 2.28. The first kappa shape index (κ1) is 15.0. The maximum absolute atomic E-state index is 13.7. The van der Waals surface area contributed by atoms with Crippen LogP contribution in [0.5, 0.6) is 0 Å². The topological polar surface area (TPSA) is 17.0 Å². The predicted octanol–water partition coefficient (Wildman–Crippen LogP) is 4.78. The van der Waals surface area contributed by atoms with E-state index in [9.17, 15) is 8.78 Å². The van der Waals surface area contributed by atoms with Crippen LogP contribution in [0.1, 0.15) is 23.9 Å². The van der Waals surface area contributed by atoms with Gasteiger partial charge in [0.05, 0.1) is 5.69 Å². The zero-order valence-electron chi connectivity index (χ0n) is 11.7. The molecule has 0 unspecified atom stereocenters. The Balaban J connectivity index is 2.21. The summed E-state index contributed by atoms with van der Waals surface area (Å²) < 4.78 is 29.4. The second-order valence-corrected chi connectivity index (χ2v) is 5.59. The number of hydrogen-bond donors (Lipinski definition) is 1. The Labute approximate surface area is 125 Å². The Morgan fingerprint density at radius 1 is 1.20 bits per heavy atom. The van der Waals surface area contributed by atoms with Crippen molar-refractivity contribution in [3.63, 3.8) is 0 Å². The van der Waals surface area contributed by atoms with Crippen LogP contribution in [-0.4, -0.2) is 4.57 Å². The summed E-state index contributed by atoms with van der Waals surface area (Å²) in [5.41, 5.74) is 3.74. The van der Waals surface area contributed by atoms with Crippen molar-refractivity contribution in [2.24, 2.45) is 0 Å². The molecule has 0 aliphatic rings. The van der Waals surface area contributed by atoms with E-state index in [1.807, 2.05) is 13.8 Å². The smallest absolute Gasteiger partial charge is 0.150 e. The van der Waals surface area contributed by atoms with Gasteiger partial charge < -0.3 is 9.88 Å². The highest BCUT2D eigenvalue weighted by Gasteiger charge is 2.12. The Hall–Kier alpha value is -1.36. The minimum absolute atomic E-state index is 0.285. The summed E-state index contributed by atoms with van der Waals surface area (Å²) >= 11 is 3.18. The zero-order chi connectivity index (χ0) is 14.9. The van der Waals surface area contributed by atoms with Gasteiger partial charge in [0, 0.05) is 35.0 Å². The fraction of sp³-hybridized carbons (Fsp3) is 0.333. The maximum atomic E-state index is 13.7. The first-order valence-electron chi connectivity index (χ1n) is 6.48. The van der Waals surface area contributed by atoms with Crippen molar-refractivity contribution in [2.75, 3.05) is 5.32 Å². The molecule has 1 N–H and O–H groups in total. The number of halogens is 3. The summed E-state index contributed by atoms with van der Waals surface area (Å²) in [6.45, 7) is 7.60. The Morgan fingerprint density at radius 3 is 2.45 bits per heavy atom. The zero-order valence-corrected chi connectivity index (χ0v) is 13.3. The van der Waals surface area contributed by atoms with Gasteiger partial charge in [-0.15, -0.1) is 0 Å². The second-order valence-electron chi connectivity index (χ2n) is 4.74. The lowest BCUT2D eigenvalue weighted by Gasteiger charge is -2.11. The van der Waals surface area contributed by atoms with Gasteiger partial charge in [-0.25, -0.2) is 8.78 Å². The minimum atomic E-state index is -0.596. The van der Waals surface area contributed by atoms with Gasteiger partial charge in [-0.1, -0.05) is 0 Å². The SMILES string of the molecule is CCn1c(C)cc(CNc2c(F)cc(F)cc2Br)c1C. The first-order chi connectivity index (χ1) is 9.43. The molecule has 0 aliphatic carbocycles. The highest BCUT2D eigenvalue weighted by atomic mass is 79.9. The molecule has 0 fully saturated rings. The van der Waals surface area contributed by atoms with Gasteiger partial charge in [0.1, 0.15) is 11.6 Å². The van der Waals surface area contributed by atoms with Crippen molar-refractivity contribution >= 4 is 21.6 Å². The lowest BCUT2D eigenvalue weighted by atomic mass is 10.2. The maximum Gasteiger partial charge on any atom is 0.150 e. The largest absolute Gasteiger partial charge is 0.378 e. The van der Waals surface area contributed by atoms with Gasteiger partial charge in [0.15, 0.2) is 0 Å². The Kier molecular flexibility index (Phi) is 4.48. The van der Waals surface area contributed by atoms with Crippen molar-refractivity contribution in [3.8, 4) is 0 Å². The van der Waals surface area contributed by atoms with Gasteiger partial charge in [-0.3, -0.25) is 0 Å². The van der Waals surface area contributed by atoms with Crippen molar-refractivity contribution in [1.29, 1.82) is 0 Å². The van der Waals surface area contributed by atoms with Crippen LogP contribution in [0, 0.1) is 25.5 Å². The number of nitrogens with one attached hydrogen (secondary N) is 1. The van der Waals surface area contributed by atoms with Gasteiger partial charge in [-0.2, -0.15) is 0 Å². The Morgan fingerprint density at radius 2 is 1.90 bits per heavy atom. The van der Waals surface area contributed by atoms with E-state index in [1.54, 1.807) is 0 Å². The molecule has 0 saturated carbocycles. The fourth-order valence-electron chi connectivity index (χ4n) is 2.43. The van der Waals surface area contributed by atoms with E-state index in [2.05, 4.69) is 38.8 Å². The molecule has 1 aromatic heterocycles. The fourth-order valence-corrected chi connectivity index (χ4v) is 2.98. The first-order valence-corrected chi connectivity index (χ1v) is 7.27. The Bertz CT molecular complexity index is 612. The molecule has 5 heteroatoms. The number of benzene rings is 1. The van der Waals surface area contributed by atoms with Crippen molar-refractivity contribution in [1.82, 2.24) is 4.57 Å². The average Bonchev–Trinajstić information content (AvgIpc) is 2.62. The summed E-state index contributed by atoms with van der Waals surface area (Å²) in [5.74, 6) is -1.19. The van der Waals surface area contributed by atoms with Crippen LogP contribution >= 0.6 is 15.9 Å². The third-order valence-corrected chi connectivity index (χ3v) is 4.08. The second kappa shape index (κ2) is 5.95. The molecular weight excluding hydrogens is 326 g/mol. The number of nitrogens with zero attached hydrogens (tertiary/aromatic N) is 1. The molecule has 108 valence electrons. The molecule has 0 radical (unpaired) electrons. The lowest BCUT2D eigenvalue weighted by Crippen LogP contribution is -2.05. The van der Waals surface area contributed by atoms with Gasteiger partial charge in [0.2, 0.25) is 0 Å². The van der Waals surface area contributed by atoms with E-state index < -0.39 is 11.6 Å². The van der Waals surface area contributed by atoms with E-state index in [0.717, 1.165) is 23.9 Å². The molecule has 1 heterocycles. The van der Waals surface area contributed by atoms with Crippen LogP contribution in [0.15, 0.2) is 22.7 Å². The summed E-state index contributed by atoms with van der Waals surface area (Å²) in [5, 5.41) is 3.03. The van der Waals surface area contributed by atoms with Crippen molar-refractivity contribution < 1.29 is 8.78 Å². The number of aryl methyl sites for hydroxylation is 1. The number of anilines is 1. The number of hydrogen-bond acceptors (Lipinski definition) is 1. The van der Waals surface area contributed by atoms with Crippen molar-refractivity contribution in [2.45, 2.75) is 33.9 Å². The van der Waals surface area contributed by atoms with Gasteiger partial charge in [0.25, 0.3) is 0 Å². The predicted molar refractivity (Wildman–Crippen MR) is 81.0 cm³/mol. The lowest BCUT2D eigenvalue weighted by molar-refractivity contribution is 0.583. The highest BCUT2D eigenvalue weighted by molar-refractivity contribution is 9.10. The molecule has 0 atom stereocenters. The van der Waals surface area contributed by atoms with E-state index in [-0.39, 0.29) is 5.69 Å². The van der Waals surface area contributed by atoms with Crippen molar-refractivity contribution in [3.05, 3.63) is 51.3 Å². The summed E-state index contributed by atoms with van der Waals surface area (Å²) in [4.78, 5) is 0. The average molecular weight is 343 g/mol. The van der Waals surface area contributed by atoms with Crippen LogP contribution < -0.4 is 5.32 Å². The van der Waals surface area contributed by atoms with Crippen LogP contribution in [0.25, 0.3) is 0 Å². The third-order valence-electron chi connectivity index (χ3n) is 3.46. The van der Waals surface area contributed by atoms with Gasteiger partial charge in [-0.05, 0) is 54.4 Å². The quantitative estimate of drug-likeness (QED) is 0.846. The summed E-state index contributed by atoms with van der Waals surface area (Å²) in [7, 11) is 0. The molecule has 0 saturated heterocycles. The monoisotopic (exact) mass is 342 g/mol. The number of aromatic nitrogens is 1. The molecule has 0 spiro atoms. The van der Waals surface area contributed by atoms with E-state index in [4.69, 9.17) is 0 Å². The molecule has 0 aliphatic heterocycles. The summed E-state index contributed by atoms with van der Waals surface area (Å²) in [6.07, 6.45) is 0. The normalized spacial score (nSPS) is 10.9. The van der Waals surface area contributed by atoms with E-state index >= 15 is 0 Å². The molecular formula is C15H17BrF2N2. The van der Waals surface area contributed by atoms with Crippen LogP contribution in [0.2, 0.25) is 0 Å². The molecule has 1 aromatic carbocycles. The van der Waals surface area contributed by atoms with Crippen LogP contribution in [0.3, 0.4) is 0 Å². The van der Waals surface area contributed by atoms with E-state index in [0.29, 0.717) is 11.0 Å². The van der Waals surface area contributed by atoms with E-state index in [1.165, 1.54) is 11.8 Å². The molecule has 2 aromatic rings. The minimum Gasteiger partial charge on any atom is -0.378 e. The molecule has 20 heavy (non-hydrogen) atoms. The number of rotatable bonds is 4. The van der Waals surface area contributed by atoms with Gasteiger partial charge >= 0.3 is 0 Å². The summed E-state index contributed by atoms with van der Waals surface area (Å²) in [6, 6.07) is 4.21. The molecule has 2 rings (SSSR count). The third kappa shape index (κ3) is 2.87. The molecule has 0 bridgehead atoms. The van der Waals surface area contributed by atoms with Crippen LogP contribution in [0.4, 0.5) is 14.5 Å².